The Hall–Kier alpha value is -0.130. The lowest BCUT2D eigenvalue weighted by Gasteiger charge is -2.21. The lowest BCUT2D eigenvalue weighted by molar-refractivity contribution is 0.375. The van der Waals surface area contributed by atoms with Crippen LogP contribution in [0.25, 0.3) is 0 Å². The molecule has 0 amide bonds. The molecule has 4 nitrogen and oxygen atoms in total. The Morgan fingerprint density at radius 1 is 1.58 bits per heavy atom. The monoisotopic (exact) mass is 192 g/mol. The molecule has 1 rings (SSSR count). The summed E-state index contributed by atoms with van der Waals surface area (Å²) in [6.45, 7) is 2.69. The van der Waals surface area contributed by atoms with Gasteiger partial charge in [0.15, 0.2) is 0 Å². The van der Waals surface area contributed by atoms with Crippen LogP contribution in [0, 0.1) is 0 Å². The van der Waals surface area contributed by atoms with Crippen molar-refractivity contribution in [3.05, 3.63) is 0 Å². The largest absolute Gasteiger partial charge is 0.279 e. The van der Waals surface area contributed by atoms with Crippen LogP contribution in [0.15, 0.2) is 0 Å². The van der Waals surface area contributed by atoms with E-state index in [1.165, 1.54) is 7.05 Å². The predicted octanol–water partition coefficient (Wildman–Crippen LogP) is 0.325. The molecule has 0 aliphatic carbocycles. The van der Waals surface area contributed by atoms with Crippen molar-refractivity contribution in [3.8, 4) is 0 Å². The number of hydrogen-bond acceptors (Lipinski definition) is 2. The van der Waals surface area contributed by atoms with Gasteiger partial charge >= 0.3 is 0 Å². The van der Waals surface area contributed by atoms with E-state index in [4.69, 9.17) is 0 Å². The van der Waals surface area contributed by atoms with Crippen molar-refractivity contribution in [2.45, 2.75) is 32.2 Å². The zero-order valence-electron chi connectivity index (χ0n) is 7.58. The van der Waals surface area contributed by atoms with E-state index >= 15 is 0 Å². The van der Waals surface area contributed by atoms with Gasteiger partial charge in [0.1, 0.15) is 0 Å². The summed E-state index contributed by atoms with van der Waals surface area (Å²) in [6, 6.07) is 0.211. The minimum absolute atomic E-state index is 0.211. The van der Waals surface area contributed by atoms with Crippen LogP contribution in [0.5, 0.6) is 0 Å². The maximum atomic E-state index is 11.4. The van der Waals surface area contributed by atoms with Crippen LogP contribution in [-0.2, 0) is 10.2 Å². The summed E-state index contributed by atoms with van der Waals surface area (Å²) in [6.07, 6.45) is 2.89. The fourth-order valence-corrected chi connectivity index (χ4v) is 2.90. The summed E-state index contributed by atoms with van der Waals surface area (Å²) in [5.41, 5.74) is 0. The Kier molecular flexibility index (Phi) is 3.09. The zero-order chi connectivity index (χ0) is 9.19. The van der Waals surface area contributed by atoms with Gasteiger partial charge in [-0.3, -0.25) is 0 Å². The van der Waals surface area contributed by atoms with Crippen LogP contribution < -0.4 is 4.72 Å². The molecule has 0 saturated carbocycles. The van der Waals surface area contributed by atoms with Gasteiger partial charge in [0.25, 0.3) is 10.2 Å². The first-order valence-corrected chi connectivity index (χ1v) is 5.76. The van der Waals surface area contributed by atoms with Crippen LogP contribution in [0.2, 0.25) is 0 Å². The predicted molar refractivity (Wildman–Crippen MR) is 48.0 cm³/mol. The zero-order valence-corrected chi connectivity index (χ0v) is 8.39. The van der Waals surface area contributed by atoms with Crippen LogP contribution >= 0.6 is 0 Å². The highest BCUT2D eigenvalue weighted by atomic mass is 32.2. The molecule has 0 aromatic rings. The van der Waals surface area contributed by atoms with Crippen LogP contribution in [0.1, 0.15) is 26.2 Å². The third-order valence-electron chi connectivity index (χ3n) is 2.36. The highest BCUT2D eigenvalue weighted by Gasteiger charge is 2.31. The molecule has 1 N–H and O–H groups in total. The van der Waals surface area contributed by atoms with E-state index in [0.717, 1.165) is 19.3 Å². The van der Waals surface area contributed by atoms with Crippen molar-refractivity contribution >= 4 is 10.2 Å². The molecule has 1 saturated heterocycles. The molecule has 0 bridgehead atoms. The van der Waals surface area contributed by atoms with Crippen LogP contribution in [-0.4, -0.2) is 32.4 Å². The Morgan fingerprint density at radius 2 is 2.25 bits per heavy atom. The average molecular weight is 192 g/mol. The number of rotatable bonds is 3. The fraction of sp³-hybridized carbons (Fsp3) is 1.00. The van der Waals surface area contributed by atoms with E-state index in [9.17, 15) is 8.42 Å². The molecule has 0 aromatic heterocycles. The first-order valence-electron chi connectivity index (χ1n) is 4.32. The SMILES string of the molecule is CCC1CCCN1S(=O)(=O)NC. The summed E-state index contributed by atoms with van der Waals surface area (Å²) in [5, 5.41) is 0. The Labute approximate surface area is 74.1 Å². The lowest BCUT2D eigenvalue weighted by atomic mass is 10.2. The number of nitrogens with one attached hydrogen (secondary N) is 1. The maximum Gasteiger partial charge on any atom is 0.279 e. The topological polar surface area (TPSA) is 49.4 Å². The van der Waals surface area contributed by atoms with Gasteiger partial charge in [-0.1, -0.05) is 6.92 Å². The standard InChI is InChI=1S/C7H16N2O2S/c1-3-7-5-4-6-9(7)12(10,11)8-2/h7-8H,3-6H2,1-2H3. The van der Waals surface area contributed by atoms with Gasteiger partial charge in [-0.2, -0.15) is 12.7 Å². The highest BCUT2D eigenvalue weighted by Crippen LogP contribution is 2.21. The van der Waals surface area contributed by atoms with Gasteiger partial charge in [0.2, 0.25) is 0 Å². The van der Waals surface area contributed by atoms with E-state index in [1.54, 1.807) is 4.31 Å². The molecule has 1 heterocycles. The number of hydrogen-bond donors (Lipinski definition) is 1. The van der Waals surface area contributed by atoms with Gasteiger partial charge in [0.05, 0.1) is 0 Å². The van der Waals surface area contributed by atoms with Crippen LogP contribution in [0.3, 0.4) is 0 Å². The molecule has 0 radical (unpaired) electrons. The summed E-state index contributed by atoms with van der Waals surface area (Å²) in [4.78, 5) is 0. The molecular formula is C7H16N2O2S. The highest BCUT2D eigenvalue weighted by molar-refractivity contribution is 7.87. The second kappa shape index (κ2) is 3.72. The first kappa shape index (κ1) is 9.95. The third kappa shape index (κ3) is 1.78. The van der Waals surface area contributed by atoms with Crippen molar-refractivity contribution in [2.24, 2.45) is 0 Å². The normalized spacial score (nSPS) is 26.3. The summed E-state index contributed by atoms with van der Waals surface area (Å²) < 4.78 is 26.7. The van der Waals surface area contributed by atoms with E-state index in [0.29, 0.717) is 6.54 Å². The molecule has 1 fully saturated rings. The summed E-state index contributed by atoms with van der Waals surface area (Å²) >= 11 is 0. The molecule has 1 aliphatic heterocycles. The van der Waals surface area contributed by atoms with E-state index in [-0.39, 0.29) is 6.04 Å². The van der Waals surface area contributed by atoms with E-state index < -0.39 is 10.2 Å². The van der Waals surface area contributed by atoms with E-state index in [2.05, 4.69) is 4.72 Å². The molecule has 12 heavy (non-hydrogen) atoms. The van der Waals surface area contributed by atoms with Crippen LogP contribution in [0.4, 0.5) is 0 Å². The molecule has 1 unspecified atom stereocenters. The van der Waals surface area contributed by atoms with Gasteiger partial charge in [-0.15, -0.1) is 0 Å². The van der Waals surface area contributed by atoms with E-state index in [1.807, 2.05) is 6.92 Å². The van der Waals surface area contributed by atoms with Gasteiger partial charge in [-0.05, 0) is 19.3 Å². The van der Waals surface area contributed by atoms with Crippen molar-refractivity contribution in [1.29, 1.82) is 0 Å². The Balaban J connectivity index is 2.74. The molecule has 1 aliphatic rings. The lowest BCUT2D eigenvalue weighted by Crippen LogP contribution is -2.41. The van der Waals surface area contributed by atoms with Crippen molar-refractivity contribution < 1.29 is 8.42 Å². The van der Waals surface area contributed by atoms with Crippen molar-refractivity contribution in [1.82, 2.24) is 9.03 Å². The second-order valence-corrected chi connectivity index (χ2v) is 4.85. The minimum atomic E-state index is -3.18. The summed E-state index contributed by atoms with van der Waals surface area (Å²) in [5.74, 6) is 0. The maximum absolute atomic E-state index is 11.4. The van der Waals surface area contributed by atoms with Gasteiger partial charge in [-0.25, -0.2) is 4.72 Å². The second-order valence-electron chi connectivity index (χ2n) is 3.02. The van der Waals surface area contributed by atoms with Gasteiger partial charge in [0, 0.05) is 19.6 Å². The quantitative estimate of drug-likeness (QED) is 0.700. The molecular weight excluding hydrogens is 176 g/mol. The van der Waals surface area contributed by atoms with Gasteiger partial charge < -0.3 is 0 Å². The van der Waals surface area contributed by atoms with Crippen molar-refractivity contribution in [2.75, 3.05) is 13.6 Å². The summed E-state index contributed by atoms with van der Waals surface area (Å²) in [7, 11) is -1.72. The molecule has 1 atom stereocenters. The molecule has 5 heteroatoms. The smallest absolute Gasteiger partial charge is 0.205 e. The third-order valence-corrected chi connectivity index (χ3v) is 3.98. The number of nitrogens with zero attached hydrogens (tertiary/aromatic N) is 1. The fourth-order valence-electron chi connectivity index (χ4n) is 1.65. The minimum Gasteiger partial charge on any atom is -0.205 e. The Bertz CT molecular complexity index is 238. The molecule has 0 spiro atoms. The molecule has 0 aromatic carbocycles. The Morgan fingerprint density at radius 3 is 2.75 bits per heavy atom. The average Bonchev–Trinajstić information content (AvgIpc) is 2.52. The first-order chi connectivity index (χ1) is 5.61. The molecule has 72 valence electrons. The van der Waals surface area contributed by atoms with Crippen molar-refractivity contribution in [3.63, 3.8) is 0 Å².